The number of carbonyl (C=O) groups is 2. The Morgan fingerprint density at radius 3 is 2.56 bits per heavy atom. The fraction of sp³-hybridized carbons (Fsp3) is 0.333. The van der Waals surface area contributed by atoms with Crippen LogP contribution >= 0.6 is 11.8 Å². The zero-order valence-corrected chi connectivity index (χ0v) is 23.0. The number of nitrogens with one attached hydrogen (secondary N) is 1. The summed E-state index contributed by atoms with van der Waals surface area (Å²) in [5.74, 6) is -0.709. The zero-order valence-electron chi connectivity index (χ0n) is 22.2. The molecule has 1 fully saturated rings. The number of hydrogen-bond donors (Lipinski definition) is 1. The number of amides is 2. The van der Waals surface area contributed by atoms with Crippen LogP contribution in [0.4, 0.5) is 17.1 Å². The molecule has 4 rings (SSSR count). The summed E-state index contributed by atoms with van der Waals surface area (Å²) in [4.78, 5) is 56.5. The van der Waals surface area contributed by atoms with Crippen LogP contribution in [-0.4, -0.2) is 47.5 Å². The first-order chi connectivity index (χ1) is 18.6. The second kappa shape index (κ2) is 11.7. The van der Waals surface area contributed by atoms with Gasteiger partial charge in [0.15, 0.2) is 10.9 Å². The third kappa shape index (κ3) is 5.80. The molecule has 12 heteroatoms. The minimum absolute atomic E-state index is 0.146. The number of anilines is 1. The van der Waals surface area contributed by atoms with Gasteiger partial charge in [0.1, 0.15) is 5.25 Å². The van der Waals surface area contributed by atoms with Gasteiger partial charge in [-0.25, -0.2) is 9.67 Å². The number of nitro benzene ring substituents is 1. The van der Waals surface area contributed by atoms with Gasteiger partial charge in [-0.3, -0.25) is 34.1 Å². The van der Waals surface area contributed by atoms with Crippen LogP contribution in [0.5, 0.6) is 0 Å². The molecule has 39 heavy (non-hydrogen) atoms. The summed E-state index contributed by atoms with van der Waals surface area (Å²) in [7, 11) is 1.78. The predicted molar refractivity (Wildman–Crippen MR) is 152 cm³/mol. The van der Waals surface area contributed by atoms with Crippen molar-refractivity contribution in [2.24, 2.45) is 12.0 Å². The number of rotatable bonds is 9. The van der Waals surface area contributed by atoms with E-state index in [4.69, 9.17) is 4.99 Å². The first kappa shape index (κ1) is 27.8. The van der Waals surface area contributed by atoms with Crippen molar-refractivity contribution >= 4 is 45.8 Å². The summed E-state index contributed by atoms with van der Waals surface area (Å²) in [6, 6.07) is 14.7. The molecule has 204 valence electrons. The first-order valence-electron chi connectivity index (χ1n) is 12.6. The van der Waals surface area contributed by atoms with Gasteiger partial charge in [-0.1, -0.05) is 49.4 Å². The predicted octanol–water partition coefficient (Wildman–Crippen LogP) is 4.54. The second-order valence-electron chi connectivity index (χ2n) is 9.32. The number of carbonyl (C=O) groups excluding carboxylic acids is 2. The molecule has 1 aliphatic heterocycles. The maximum Gasteiger partial charge on any atom is 0.297 e. The van der Waals surface area contributed by atoms with E-state index in [-0.39, 0.29) is 41.0 Å². The molecule has 3 aromatic rings. The van der Waals surface area contributed by atoms with Gasteiger partial charge >= 0.3 is 0 Å². The van der Waals surface area contributed by atoms with Crippen LogP contribution in [-0.2, 0) is 16.6 Å². The van der Waals surface area contributed by atoms with Gasteiger partial charge in [0, 0.05) is 37.3 Å². The summed E-state index contributed by atoms with van der Waals surface area (Å²) in [5.41, 5.74) is 1.38. The first-order valence-corrected chi connectivity index (χ1v) is 13.5. The zero-order chi connectivity index (χ0) is 28.3. The fourth-order valence-corrected chi connectivity index (χ4v) is 5.73. The highest BCUT2D eigenvalue weighted by Crippen LogP contribution is 2.34. The van der Waals surface area contributed by atoms with Crippen LogP contribution in [0, 0.1) is 17.0 Å². The van der Waals surface area contributed by atoms with Gasteiger partial charge in [0.2, 0.25) is 11.8 Å². The maximum absolute atomic E-state index is 13.5. The number of amidine groups is 1. The Labute approximate surface area is 229 Å². The Kier molecular flexibility index (Phi) is 8.34. The lowest BCUT2D eigenvalue weighted by Gasteiger charge is -2.24. The normalized spacial score (nSPS) is 17.0. The van der Waals surface area contributed by atoms with Gasteiger partial charge in [0.05, 0.1) is 16.3 Å². The number of nitro groups is 1. The van der Waals surface area contributed by atoms with Crippen molar-refractivity contribution in [3.63, 3.8) is 0 Å². The number of para-hydroxylation sites is 1. The molecule has 0 spiro atoms. The monoisotopic (exact) mass is 550 g/mol. The molecule has 2 atom stereocenters. The minimum Gasteiger partial charge on any atom is -0.326 e. The Morgan fingerprint density at radius 2 is 1.90 bits per heavy atom. The number of hydrogen-bond acceptors (Lipinski definition) is 7. The van der Waals surface area contributed by atoms with E-state index in [2.05, 4.69) is 5.32 Å². The molecule has 2 amide bonds. The van der Waals surface area contributed by atoms with Gasteiger partial charge in [-0.15, -0.1) is 0 Å². The quantitative estimate of drug-likeness (QED) is 0.307. The van der Waals surface area contributed by atoms with E-state index in [0.717, 1.165) is 24.6 Å². The summed E-state index contributed by atoms with van der Waals surface area (Å²) in [5, 5.41) is 13.3. The van der Waals surface area contributed by atoms with Crippen LogP contribution in [0.1, 0.15) is 38.8 Å². The molecule has 11 nitrogen and oxygen atoms in total. The highest BCUT2D eigenvalue weighted by atomic mass is 32.2. The van der Waals surface area contributed by atoms with Gasteiger partial charge in [-0.2, -0.15) is 0 Å². The molecular formula is C27H30N6O5S. The van der Waals surface area contributed by atoms with Crippen LogP contribution in [0.3, 0.4) is 0 Å². The lowest BCUT2D eigenvalue weighted by molar-refractivity contribution is -0.384. The van der Waals surface area contributed by atoms with Crippen molar-refractivity contribution in [3.8, 4) is 5.69 Å². The molecule has 0 radical (unpaired) electrons. The van der Waals surface area contributed by atoms with E-state index in [1.165, 1.54) is 22.9 Å². The molecule has 1 N–H and O–H groups in total. The molecule has 0 saturated carbocycles. The summed E-state index contributed by atoms with van der Waals surface area (Å²) in [6.45, 7) is 5.74. The molecule has 1 saturated heterocycles. The molecular weight excluding hydrogens is 520 g/mol. The Morgan fingerprint density at radius 1 is 1.18 bits per heavy atom. The van der Waals surface area contributed by atoms with E-state index in [1.807, 2.05) is 44.2 Å². The number of nitrogens with zero attached hydrogens (tertiary/aromatic N) is 5. The van der Waals surface area contributed by atoms with E-state index >= 15 is 0 Å². The topological polar surface area (TPSA) is 132 Å². The van der Waals surface area contributed by atoms with Crippen LogP contribution in [0.2, 0.25) is 0 Å². The molecule has 0 unspecified atom stereocenters. The van der Waals surface area contributed by atoms with Crippen molar-refractivity contribution in [2.75, 3.05) is 5.32 Å². The fourth-order valence-electron chi connectivity index (χ4n) is 4.50. The molecule has 0 aliphatic carbocycles. The average molecular weight is 551 g/mol. The number of non-ortho nitro benzene ring substituents is 1. The Hall–Kier alpha value is -4.19. The van der Waals surface area contributed by atoms with E-state index in [9.17, 15) is 24.5 Å². The smallest absolute Gasteiger partial charge is 0.297 e. The third-order valence-electron chi connectivity index (χ3n) is 6.56. The largest absolute Gasteiger partial charge is 0.326 e. The number of benzene rings is 2. The number of aliphatic imine (C=N–C) groups is 1. The van der Waals surface area contributed by atoms with Crippen LogP contribution in [0.15, 0.2) is 64.4 Å². The van der Waals surface area contributed by atoms with E-state index < -0.39 is 16.1 Å². The minimum atomic E-state index is -0.748. The van der Waals surface area contributed by atoms with E-state index in [0.29, 0.717) is 16.5 Å². The van der Waals surface area contributed by atoms with Gasteiger partial charge in [-0.05, 0) is 38.5 Å². The molecule has 1 aromatic heterocycles. The number of thioether (sulfide) groups is 1. The molecule has 0 bridgehead atoms. The van der Waals surface area contributed by atoms with Crippen LogP contribution < -0.4 is 10.9 Å². The second-order valence-corrected chi connectivity index (χ2v) is 10.5. The average Bonchev–Trinajstić information content (AvgIpc) is 3.32. The van der Waals surface area contributed by atoms with E-state index in [1.54, 1.807) is 29.6 Å². The lowest BCUT2D eigenvalue weighted by atomic mass is 10.1. The van der Waals surface area contributed by atoms with Crippen LogP contribution in [0.25, 0.3) is 5.69 Å². The SMILES string of the molecule is CCC[C@@H](C)N1C(=O)[C@H](CC(=O)Nc2cccc([N+](=O)[O-])c2)SC1=Nc1c(C)n(C)n(-c2ccccc2)c1=O. The van der Waals surface area contributed by atoms with Gasteiger partial charge in [0.25, 0.3) is 11.2 Å². The standard InChI is InChI=1S/C27H30N6O5S/c1-5-10-17(2)31-25(35)22(16-23(34)28-19-11-9-14-21(15-19)33(37)38)39-27(31)29-24-18(3)30(4)32(26(24)36)20-12-7-6-8-13-20/h6-9,11-15,17,22H,5,10,16H2,1-4H3,(H,28,34)/t17-,22+/m1/s1. The van der Waals surface area contributed by atoms with Crippen molar-refractivity contribution in [1.82, 2.24) is 14.3 Å². The number of aromatic nitrogens is 2. The van der Waals surface area contributed by atoms with Gasteiger partial charge < -0.3 is 5.32 Å². The molecule has 1 aliphatic rings. The summed E-state index contributed by atoms with van der Waals surface area (Å²) in [6.07, 6.45) is 1.41. The lowest BCUT2D eigenvalue weighted by Crippen LogP contribution is -2.40. The molecule has 2 aromatic carbocycles. The van der Waals surface area contributed by atoms with Crippen molar-refractivity contribution in [3.05, 3.63) is 80.8 Å². The summed E-state index contributed by atoms with van der Waals surface area (Å²) >= 11 is 1.15. The van der Waals surface area contributed by atoms with Crippen molar-refractivity contribution in [1.29, 1.82) is 0 Å². The highest BCUT2D eigenvalue weighted by Gasteiger charge is 2.41. The third-order valence-corrected chi connectivity index (χ3v) is 7.71. The highest BCUT2D eigenvalue weighted by molar-refractivity contribution is 8.15. The van der Waals surface area contributed by atoms with Crippen molar-refractivity contribution < 1.29 is 14.5 Å². The Bertz CT molecular complexity index is 1500. The summed E-state index contributed by atoms with van der Waals surface area (Å²) < 4.78 is 3.25. The maximum atomic E-state index is 13.5. The molecule has 2 heterocycles. The van der Waals surface area contributed by atoms with Crippen molar-refractivity contribution in [2.45, 2.75) is 51.3 Å². The Balaban J connectivity index is 1.63.